The molecule has 6 aromatic carbocycles. The van der Waals surface area contributed by atoms with Crippen molar-refractivity contribution in [1.82, 2.24) is 0 Å². The van der Waals surface area contributed by atoms with E-state index in [0.717, 1.165) is 21.5 Å². The molecule has 0 saturated carbocycles. The van der Waals surface area contributed by atoms with Gasteiger partial charge in [0.15, 0.2) is 0 Å². The highest BCUT2D eigenvalue weighted by Gasteiger charge is 2.44. The molecule has 0 aliphatic carbocycles. The van der Waals surface area contributed by atoms with Crippen molar-refractivity contribution in [2.75, 3.05) is 0 Å². The Labute approximate surface area is 221 Å². The summed E-state index contributed by atoms with van der Waals surface area (Å²) >= 11 is 0. The Kier molecular flexibility index (Phi) is 5.82. The molecule has 6 rings (SSSR count). The van der Waals surface area contributed by atoms with Crippen molar-refractivity contribution >= 4 is 55.8 Å². The van der Waals surface area contributed by atoms with Gasteiger partial charge in [-0.2, -0.15) is 0 Å². The first-order valence-electron chi connectivity index (χ1n) is 12.6. The minimum absolute atomic E-state index is 0.255. The summed E-state index contributed by atoms with van der Waals surface area (Å²) in [6.07, 6.45) is 0. The fourth-order valence-electron chi connectivity index (χ4n) is 5.34. The minimum atomic E-state index is -4.34. The van der Waals surface area contributed by atoms with Crippen molar-refractivity contribution in [3.05, 3.63) is 138 Å². The number of carbonyl (C=O) groups excluding carboxylic acids is 2. The maximum Gasteiger partial charge on any atom is 0.248 e. The quantitative estimate of drug-likeness (QED) is 0.218. The van der Waals surface area contributed by atoms with Crippen LogP contribution in [-0.2, 0) is 4.57 Å². The van der Waals surface area contributed by atoms with Crippen LogP contribution in [0.4, 0.5) is 0 Å². The number of aryl methyl sites for hydroxylation is 2. The first-order chi connectivity index (χ1) is 18.4. The average Bonchev–Trinajstić information content (AvgIpc) is 2.95. The predicted molar refractivity (Wildman–Crippen MR) is 157 cm³/mol. The number of hydrogen-bond acceptors (Lipinski definition) is 3. The number of rotatable bonds is 5. The molecule has 0 heterocycles. The SMILES string of the molecule is Cc1ccc2ccccc2c1C(=O)P(=O)(C(=O)c1c(C)ccc2ccccc12)c1ccc2ccccc2c1. The van der Waals surface area contributed by atoms with Crippen molar-refractivity contribution < 1.29 is 14.2 Å². The van der Waals surface area contributed by atoms with Gasteiger partial charge in [0.25, 0.3) is 0 Å². The third kappa shape index (κ3) is 3.70. The molecule has 0 spiro atoms. The molecule has 38 heavy (non-hydrogen) atoms. The smallest absolute Gasteiger partial charge is 0.248 e. The van der Waals surface area contributed by atoms with E-state index in [4.69, 9.17) is 0 Å². The van der Waals surface area contributed by atoms with Gasteiger partial charge < -0.3 is 4.57 Å². The Hall–Kier alpha value is -4.33. The maximum atomic E-state index is 15.4. The van der Waals surface area contributed by atoms with Crippen LogP contribution in [0, 0.1) is 13.8 Å². The normalized spacial score (nSPS) is 11.7. The molecule has 0 radical (unpaired) electrons. The van der Waals surface area contributed by atoms with Gasteiger partial charge in [-0.05, 0) is 69.4 Å². The highest BCUT2D eigenvalue weighted by Crippen LogP contribution is 2.53. The summed E-state index contributed by atoms with van der Waals surface area (Å²) in [7, 11) is -4.34. The molecule has 0 aromatic heterocycles. The Balaban J connectivity index is 1.68. The molecule has 0 saturated heterocycles. The van der Waals surface area contributed by atoms with Crippen LogP contribution in [-0.4, -0.2) is 11.0 Å². The second-order valence-electron chi connectivity index (χ2n) is 9.71. The fraction of sp³-hybridized carbons (Fsp3) is 0.0588. The molecule has 0 aliphatic heterocycles. The summed E-state index contributed by atoms with van der Waals surface area (Å²) in [6, 6.07) is 35.6. The zero-order valence-corrected chi connectivity index (χ0v) is 22.0. The van der Waals surface area contributed by atoms with E-state index in [1.807, 2.05) is 117 Å². The molecule has 0 atom stereocenters. The number of benzene rings is 6. The summed E-state index contributed by atoms with van der Waals surface area (Å²) in [5, 5.41) is 5.15. The highest BCUT2D eigenvalue weighted by molar-refractivity contribution is 8.01. The molecule has 0 N–H and O–H groups in total. The van der Waals surface area contributed by atoms with Gasteiger partial charge in [-0.3, -0.25) is 9.59 Å². The highest BCUT2D eigenvalue weighted by atomic mass is 31.2. The molecule has 0 aliphatic rings. The summed E-state index contributed by atoms with van der Waals surface area (Å²) < 4.78 is 15.4. The van der Waals surface area contributed by atoms with Gasteiger partial charge in [-0.25, -0.2) is 0 Å². The lowest BCUT2D eigenvalue weighted by molar-refractivity contribution is 0.104. The molecule has 0 fully saturated rings. The monoisotopic (exact) mass is 512 g/mol. The third-order valence-corrected chi connectivity index (χ3v) is 9.97. The van der Waals surface area contributed by atoms with E-state index in [9.17, 15) is 9.59 Å². The van der Waals surface area contributed by atoms with Crippen LogP contribution in [0.3, 0.4) is 0 Å². The molecule has 184 valence electrons. The second kappa shape index (κ2) is 9.20. The third-order valence-electron chi connectivity index (χ3n) is 7.37. The Morgan fingerprint density at radius 2 is 0.921 bits per heavy atom. The van der Waals surface area contributed by atoms with Crippen LogP contribution in [0.15, 0.2) is 115 Å². The molecular weight excluding hydrogens is 487 g/mol. The van der Waals surface area contributed by atoms with Gasteiger partial charge in [0.2, 0.25) is 18.2 Å². The van der Waals surface area contributed by atoms with E-state index < -0.39 is 18.2 Å². The van der Waals surface area contributed by atoms with Crippen LogP contribution in [0.2, 0.25) is 0 Å². The lowest BCUT2D eigenvalue weighted by Crippen LogP contribution is -2.22. The molecule has 4 heteroatoms. The van der Waals surface area contributed by atoms with Crippen LogP contribution < -0.4 is 5.30 Å². The van der Waals surface area contributed by atoms with E-state index in [0.29, 0.717) is 33.0 Å². The summed E-state index contributed by atoms with van der Waals surface area (Å²) in [6.45, 7) is 3.66. The first-order valence-corrected chi connectivity index (χ1v) is 14.3. The van der Waals surface area contributed by atoms with E-state index in [1.165, 1.54) is 0 Å². The van der Waals surface area contributed by atoms with Crippen molar-refractivity contribution in [3.63, 3.8) is 0 Å². The minimum Gasteiger partial charge on any atom is -0.302 e. The van der Waals surface area contributed by atoms with Crippen molar-refractivity contribution in [2.45, 2.75) is 13.8 Å². The molecule has 0 unspecified atom stereocenters. The van der Waals surface area contributed by atoms with Crippen molar-refractivity contribution in [2.24, 2.45) is 0 Å². The molecule has 6 aromatic rings. The van der Waals surface area contributed by atoms with Crippen molar-refractivity contribution in [3.8, 4) is 0 Å². The lowest BCUT2D eigenvalue weighted by Gasteiger charge is -2.21. The first kappa shape index (κ1) is 24.0. The number of hydrogen-bond donors (Lipinski definition) is 0. The van der Waals surface area contributed by atoms with Crippen LogP contribution in [0.1, 0.15) is 31.8 Å². The zero-order chi connectivity index (χ0) is 26.4. The zero-order valence-electron chi connectivity index (χ0n) is 21.1. The van der Waals surface area contributed by atoms with Crippen LogP contribution in [0.25, 0.3) is 32.3 Å². The average molecular weight is 513 g/mol. The Morgan fingerprint density at radius 3 is 1.45 bits per heavy atom. The molecule has 0 amide bonds. The van der Waals surface area contributed by atoms with E-state index in [1.54, 1.807) is 12.1 Å². The second-order valence-corrected chi connectivity index (χ2v) is 12.3. The standard InChI is InChI=1S/C34H25O3P/c1-22-15-17-25-10-5-7-13-29(25)31(22)33(35)38(37,28-20-19-24-9-3-4-12-27(24)21-28)34(36)32-23(2)16-18-26-11-6-8-14-30(26)32/h3-21H,1-2H3. The van der Waals surface area contributed by atoms with E-state index >= 15 is 4.57 Å². The Morgan fingerprint density at radius 1 is 0.500 bits per heavy atom. The summed E-state index contributed by atoms with van der Waals surface area (Å²) in [5.41, 5.74) is 0.810. The van der Waals surface area contributed by atoms with Gasteiger partial charge in [-0.15, -0.1) is 0 Å². The molecule has 3 nitrogen and oxygen atoms in total. The van der Waals surface area contributed by atoms with Gasteiger partial charge in [0.05, 0.1) is 0 Å². The van der Waals surface area contributed by atoms with Gasteiger partial charge in [0.1, 0.15) is 0 Å². The Bertz CT molecular complexity index is 1870. The molecule has 0 bridgehead atoms. The summed E-state index contributed by atoms with van der Waals surface area (Å²) in [5.74, 6) is 0. The van der Waals surface area contributed by atoms with Gasteiger partial charge >= 0.3 is 0 Å². The maximum absolute atomic E-state index is 15.4. The van der Waals surface area contributed by atoms with Gasteiger partial charge in [-0.1, -0.05) is 103 Å². The van der Waals surface area contributed by atoms with Crippen molar-refractivity contribution in [1.29, 1.82) is 0 Å². The summed E-state index contributed by atoms with van der Waals surface area (Å²) in [4.78, 5) is 29.2. The van der Waals surface area contributed by atoms with Crippen LogP contribution in [0.5, 0.6) is 0 Å². The van der Waals surface area contributed by atoms with E-state index in [-0.39, 0.29) is 5.30 Å². The van der Waals surface area contributed by atoms with Crippen LogP contribution >= 0.6 is 7.14 Å². The number of fused-ring (bicyclic) bond motifs is 3. The predicted octanol–water partition coefficient (Wildman–Crippen LogP) is 8.43. The lowest BCUT2D eigenvalue weighted by atomic mass is 10.0. The van der Waals surface area contributed by atoms with E-state index in [2.05, 4.69) is 0 Å². The molecular formula is C34H25O3P. The topological polar surface area (TPSA) is 51.2 Å². The fourth-order valence-corrected chi connectivity index (χ4v) is 7.83. The van der Waals surface area contributed by atoms with Gasteiger partial charge in [0, 0.05) is 16.4 Å². The number of carbonyl (C=O) groups is 2. The largest absolute Gasteiger partial charge is 0.302 e.